The van der Waals surface area contributed by atoms with E-state index in [9.17, 15) is 0 Å². The fraction of sp³-hybridized carbons (Fsp3) is 0.357. The predicted octanol–water partition coefficient (Wildman–Crippen LogP) is 5.81. The van der Waals surface area contributed by atoms with E-state index >= 15 is 0 Å². The summed E-state index contributed by atoms with van der Waals surface area (Å²) < 4.78 is 2.07. The van der Waals surface area contributed by atoms with Gasteiger partial charge in [-0.25, -0.2) is 0 Å². The highest BCUT2D eigenvalue weighted by atomic mass is 15.3. The van der Waals surface area contributed by atoms with E-state index in [0.717, 1.165) is 28.6 Å². The maximum absolute atomic E-state index is 2.42. The maximum Gasteiger partial charge on any atom is 0.104 e. The van der Waals surface area contributed by atoms with Gasteiger partial charge in [0.2, 0.25) is 0 Å². The van der Waals surface area contributed by atoms with Crippen molar-refractivity contribution in [1.29, 1.82) is 0 Å². The average Bonchev–Trinajstić information content (AvgIpc) is 2.70. The number of nitrogens with zero attached hydrogens (tertiary/aromatic N) is 2. The lowest BCUT2D eigenvalue weighted by molar-refractivity contribution is -0.943. The van der Waals surface area contributed by atoms with E-state index < -0.39 is 0 Å². The molecule has 0 aliphatic heterocycles. The zero-order valence-corrected chi connectivity index (χ0v) is 19.2. The van der Waals surface area contributed by atoms with E-state index in [1.54, 1.807) is 0 Å². The van der Waals surface area contributed by atoms with Gasteiger partial charge < -0.3 is 8.97 Å². The van der Waals surface area contributed by atoms with E-state index in [1.807, 2.05) is 0 Å². The van der Waals surface area contributed by atoms with Gasteiger partial charge in [0, 0.05) is 23.1 Å². The summed E-state index contributed by atoms with van der Waals surface area (Å²) in [6.45, 7) is 7.75. The molecule has 0 fully saturated rings. The fourth-order valence-corrected chi connectivity index (χ4v) is 4.41. The quantitative estimate of drug-likeness (QED) is 0.376. The van der Waals surface area contributed by atoms with Crippen molar-refractivity contribution in [3.8, 4) is 0 Å². The molecule has 3 rings (SSSR count). The molecular weight excluding hydrogens is 364 g/mol. The van der Waals surface area contributed by atoms with Gasteiger partial charge in [0.15, 0.2) is 0 Å². The van der Waals surface area contributed by atoms with Crippen molar-refractivity contribution < 1.29 is 8.97 Å². The molecule has 0 heterocycles. The molecule has 0 bridgehead atoms. The van der Waals surface area contributed by atoms with E-state index in [1.165, 1.54) is 41.8 Å². The summed E-state index contributed by atoms with van der Waals surface area (Å²) in [5.74, 6) is 0. The van der Waals surface area contributed by atoms with Gasteiger partial charge in [-0.2, -0.15) is 0 Å². The lowest BCUT2D eigenvalue weighted by atomic mass is 10.1. The highest BCUT2D eigenvalue weighted by Gasteiger charge is 2.25. The van der Waals surface area contributed by atoms with Crippen LogP contribution < -0.4 is 0 Å². The number of hydrogen-bond donors (Lipinski definition) is 0. The molecule has 2 nitrogen and oxygen atoms in total. The Morgan fingerprint density at radius 2 is 1.00 bits per heavy atom. The molecule has 0 aliphatic carbocycles. The van der Waals surface area contributed by atoms with Crippen LogP contribution in [0.5, 0.6) is 0 Å². The van der Waals surface area contributed by atoms with Gasteiger partial charge in [-0.15, -0.1) is 0 Å². The maximum atomic E-state index is 2.42. The summed E-state index contributed by atoms with van der Waals surface area (Å²) in [7, 11) is 7.13. The highest BCUT2D eigenvalue weighted by Crippen LogP contribution is 2.20. The molecule has 1 unspecified atom stereocenters. The van der Waals surface area contributed by atoms with Crippen molar-refractivity contribution in [1.82, 2.24) is 0 Å². The summed E-state index contributed by atoms with van der Waals surface area (Å²) in [6, 6.07) is 30.9. The molecule has 1 atom stereocenters. The first kappa shape index (κ1) is 22.3. The molecule has 0 spiro atoms. The summed E-state index contributed by atoms with van der Waals surface area (Å²) in [6.07, 6.45) is 1.22. The van der Waals surface area contributed by atoms with Crippen LogP contribution in [0.25, 0.3) is 0 Å². The minimum atomic E-state index is 1.03. The lowest BCUT2D eigenvalue weighted by Gasteiger charge is -2.37. The predicted molar refractivity (Wildman–Crippen MR) is 128 cm³/mol. The van der Waals surface area contributed by atoms with Crippen molar-refractivity contribution >= 4 is 0 Å². The van der Waals surface area contributed by atoms with E-state index in [2.05, 4.69) is 113 Å². The monoisotopic (exact) mass is 402 g/mol. The zero-order chi connectivity index (χ0) is 21.5. The molecule has 3 aromatic rings. The second-order valence-electron chi connectivity index (χ2n) is 9.79. The van der Waals surface area contributed by atoms with Crippen LogP contribution in [0.2, 0.25) is 0 Å². The Labute approximate surface area is 183 Å². The van der Waals surface area contributed by atoms with Gasteiger partial charge in [0.1, 0.15) is 19.6 Å². The van der Waals surface area contributed by atoms with E-state index in [4.69, 9.17) is 0 Å². The third-order valence-corrected chi connectivity index (χ3v) is 6.01. The van der Waals surface area contributed by atoms with Crippen molar-refractivity contribution in [2.45, 2.75) is 33.0 Å². The largest absolute Gasteiger partial charge is 0.325 e. The third-order valence-electron chi connectivity index (χ3n) is 6.01. The first-order valence-corrected chi connectivity index (χ1v) is 11.1. The van der Waals surface area contributed by atoms with Gasteiger partial charge >= 0.3 is 0 Å². The third kappa shape index (κ3) is 7.12. The van der Waals surface area contributed by atoms with Crippen molar-refractivity contribution in [3.05, 3.63) is 107 Å². The lowest BCUT2D eigenvalue weighted by Crippen LogP contribution is -2.46. The number of quaternary nitrogens is 2. The van der Waals surface area contributed by atoms with Crippen LogP contribution in [0.4, 0.5) is 0 Å². The van der Waals surface area contributed by atoms with Crippen molar-refractivity contribution in [2.75, 3.05) is 34.2 Å². The molecule has 0 aromatic heterocycles. The minimum absolute atomic E-state index is 1.03. The van der Waals surface area contributed by atoms with Crippen LogP contribution in [0.1, 0.15) is 28.7 Å². The van der Waals surface area contributed by atoms with E-state index in [-0.39, 0.29) is 0 Å². The van der Waals surface area contributed by atoms with Crippen LogP contribution in [0.15, 0.2) is 84.9 Å². The molecular formula is C28H38N2+2. The van der Waals surface area contributed by atoms with Crippen LogP contribution in [0, 0.1) is 6.92 Å². The molecule has 0 saturated carbocycles. The Morgan fingerprint density at radius 1 is 0.533 bits per heavy atom. The van der Waals surface area contributed by atoms with E-state index in [0.29, 0.717) is 0 Å². The number of hydrogen-bond acceptors (Lipinski definition) is 0. The van der Waals surface area contributed by atoms with Crippen LogP contribution in [-0.2, 0) is 19.6 Å². The van der Waals surface area contributed by atoms with Crippen molar-refractivity contribution in [2.24, 2.45) is 0 Å². The molecule has 0 amide bonds. The van der Waals surface area contributed by atoms with Gasteiger partial charge in [-0.05, 0) is 6.92 Å². The SMILES string of the molecule is Cc1ccc(C[N+](C)(CCC[N+](C)(C)Cc2ccccc2)Cc2ccccc2)cc1. The first-order valence-electron chi connectivity index (χ1n) is 11.1. The minimum Gasteiger partial charge on any atom is -0.325 e. The average molecular weight is 403 g/mol. The van der Waals surface area contributed by atoms with Gasteiger partial charge in [-0.3, -0.25) is 0 Å². The molecule has 0 radical (unpaired) electrons. The normalized spacial score (nSPS) is 13.7. The molecule has 0 saturated heterocycles. The van der Waals surface area contributed by atoms with Crippen LogP contribution >= 0.6 is 0 Å². The molecule has 0 aliphatic rings. The Kier molecular flexibility index (Phi) is 7.47. The van der Waals surface area contributed by atoms with Gasteiger partial charge in [-0.1, -0.05) is 90.5 Å². The summed E-state index contributed by atoms with van der Waals surface area (Å²) in [5.41, 5.74) is 5.60. The van der Waals surface area contributed by atoms with Crippen LogP contribution in [-0.4, -0.2) is 43.2 Å². The van der Waals surface area contributed by atoms with Gasteiger partial charge in [0.25, 0.3) is 0 Å². The standard InChI is InChI=1S/C28H38N2/c1-25-16-18-28(19-17-25)24-30(4,23-27-14-9-6-10-15-27)21-11-20-29(2,3)22-26-12-7-5-8-13-26/h5-10,12-19H,11,20-24H2,1-4H3/q+2. The zero-order valence-electron chi connectivity index (χ0n) is 19.2. The highest BCUT2D eigenvalue weighted by molar-refractivity contribution is 5.21. The molecule has 158 valence electrons. The topological polar surface area (TPSA) is 0 Å². The van der Waals surface area contributed by atoms with Crippen molar-refractivity contribution in [3.63, 3.8) is 0 Å². The number of aryl methyl sites for hydroxylation is 1. The number of rotatable bonds is 10. The molecule has 2 heteroatoms. The Balaban J connectivity index is 1.66. The van der Waals surface area contributed by atoms with Gasteiger partial charge in [0.05, 0.1) is 34.2 Å². The Morgan fingerprint density at radius 3 is 1.53 bits per heavy atom. The molecule has 30 heavy (non-hydrogen) atoms. The summed E-state index contributed by atoms with van der Waals surface area (Å²) >= 11 is 0. The number of benzene rings is 3. The summed E-state index contributed by atoms with van der Waals surface area (Å²) in [4.78, 5) is 0. The molecule has 0 N–H and O–H groups in total. The Hall–Kier alpha value is -2.42. The first-order chi connectivity index (χ1) is 14.3. The second kappa shape index (κ2) is 10.1. The van der Waals surface area contributed by atoms with Crippen LogP contribution in [0.3, 0.4) is 0 Å². The second-order valence-corrected chi connectivity index (χ2v) is 9.79. The Bertz CT molecular complexity index is 885. The fourth-order valence-electron chi connectivity index (χ4n) is 4.41. The smallest absolute Gasteiger partial charge is 0.104 e. The molecule has 3 aromatic carbocycles. The summed E-state index contributed by atoms with van der Waals surface area (Å²) in [5, 5.41) is 0.